The van der Waals surface area contributed by atoms with Gasteiger partial charge >= 0.3 is 0 Å². The van der Waals surface area contributed by atoms with Gasteiger partial charge in [-0.1, -0.05) is 0 Å². The van der Waals surface area contributed by atoms with Crippen molar-refractivity contribution in [3.05, 3.63) is 24.0 Å². The fraction of sp³-hybridized carbons (Fsp3) is 0.737. The van der Waals surface area contributed by atoms with E-state index in [-0.39, 0.29) is 12.0 Å². The zero-order chi connectivity index (χ0) is 17.2. The number of aromatic nitrogens is 1. The number of carbonyl (C=O) groups is 1. The Bertz CT molecular complexity index is 596. The van der Waals surface area contributed by atoms with Crippen LogP contribution in [0.2, 0.25) is 0 Å². The monoisotopic (exact) mass is 347 g/mol. The Kier molecular flexibility index (Phi) is 5.10. The van der Waals surface area contributed by atoms with Gasteiger partial charge in [-0.05, 0) is 31.4 Å². The van der Waals surface area contributed by atoms with Crippen molar-refractivity contribution in [2.45, 2.75) is 31.4 Å². The molecule has 0 bridgehead atoms. The number of aryl methyl sites for hydroxylation is 1. The quantitative estimate of drug-likeness (QED) is 0.811. The van der Waals surface area contributed by atoms with Gasteiger partial charge < -0.3 is 18.9 Å². The summed E-state index contributed by atoms with van der Waals surface area (Å²) in [5, 5.41) is 0. The molecule has 0 N–H and O–H groups in total. The maximum Gasteiger partial charge on any atom is 0.270 e. The van der Waals surface area contributed by atoms with E-state index in [0.717, 1.165) is 71.0 Å². The number of rotatable bonds is 2. The molecule has 3 aliphatic heterocycles. The molecule has 0 aromatic carbocycles. The molecule has 0 aliphatic carbocycles. The lowest BCUT2D eigenvalue weighted by Gasteiger charge is -2.39. The third-order valence-corrected chi connectivity index (χ3v) is 6.03. The third kappa shape index (κ3) is 3.61. The number of amides is 1. The molecule has 3 aliphatic rings. The van der Waals surface area contributed by atoms with E-state index in [0.29, 0.717) is 12.0 Å². The number of hydrogen-bond donors (Lipinski definition) is 0. The first-order chi connectivity index (χ1) is 12.2. The second-order valence-electron chi connectivity index (χ2n) is 7.55. The summed E-state index contributed by atoms with van der Waals surface area (Å²) in [5.74, 6) is 0.655. The first-order valence-corrected chi connectivity index (χ1v) is 9.56. The van der Waals surface area contributed by atoms with E-state index in [9.17, 15) is 4.79 Å². The van der Waals surface area contributed by atoms with Gasteiger partial charge in [-0.2, -0.15) is 0 Å². The summed E-state index contributed by atoms with van der Waals surface area (Å²) in [7, 11) is 1.92. The Hall–Kier alpha value is -1.37. The van der Waals surface area contributed by atoms with Crippen molar-refractivity contribution in [2.75, 3.05) is 46.0 Å². The van der Waals surface area contributed by atoms with Crippen molar-refractivity contribution in [3.63, 3.8) is 0 Å². The topological polar surface area (TPSA) is 46.9 Å². The Balaban J connectivity index is 1.39. The molecule has 0 radical (unpaired) electrons. The highest BCUT2D eigenvalue weighted by atomic mass is 16.5. The number of fused-ring (bicyclic) bond motifs is 1. The smallest absolute Gasteiger partial charge is 0.270 e. The lowest BCUT2D eigenvalue weighted by molar-refractivity contribution is -0.0176. The van der Waals surface area contributed by atoms with E-state index in [1.54, 1.807) is 0 Å². The predicted molar refractivity (Wildman–Crippen MR) is 94.6 cm³/mol. The van der Waals surface area contributed by atoms with Crippen LogP contribution in [0.4, 0.5) is 0 Å². The van der Waals surface area contributed by atoms with Gasteiger partial charge in [0.05, 0.1) is 12.7 Å². The van der Waals surface area contributed by atoms with Gasteiger partial charge in [0, 0.05) is 64.6 Å². The molecule has 1 aromatic rings. The SMILES string of the molecule is Cn1cccc1C(=O)N1CC[C@H]2CN(C3CCOCC3)CCO[C@H]2C1. The molecule has 6 heteroatoms. The van der Waals surface area contributed by atoms with Crippen molar-refractivity contribution >= 4 is 5.91 Å². The summed E-state index contributed by atoms with van der Waals surface area (Å²) < 4.78 is 13.6. The van der Waals surface area contributed by atoms with Gasteiger partial charge in [-0.15, -0.1) is 0 Å². The molecule has 0 spiro atoms. The minimum absolute atomic E-state index is 0.125. The normalized spacial score (nSPS) is 29.2. The molecule has 4 heterocycles. The van der Waals surface area contributed by atoms with Crippen LogP contribution in [0.1, 0.15) is 29.8 Å². The number of ether oxygens (including phenoxy) is 2. The number of nitrogens with zero attached hydrogens (tertiary/aromatic N) is 3. The van der Waals surface area contributed by atoms with E-state index < -0.39 is 0 Å². The fourth-order valence-corrected chi connectivity index (χ4v) is 4.49. The molecular weight excluding hydrogens is 318 g/mol. The second kappa shape index (κ2) is 7.48. The maximum absolute atomic E-state index is 12.8. The number of carbonyl (C=O) groups excluding carboxylic acids is 1. The minimum atomic E-state index is 0.125. The second-order valence-corrected chi connectivity index (χ2v) is 7.55. The minimum Gasteiger partial charge on any atom is -0.381 e. The number of hydrogen-bond acceptors (Lipinski definition) is 4. The van der Waals surface area contributed by atoms with Crippen molar-refractivity contribution in [1.29, 1.82) is 0 Å². The van der Waals surface area contributed by atoms with Gasteiger partial charge in [0.25, 0.3) is 5.91 Å². The molecule has 3 saturated heterocycles. The van der Waals surface area contributed by atoms with Crippen LogP contribution < -0.4 is 0 Å². The molecule has 2 atom stereocenters. The van der Waals surface area contributed by atoms with Crippen LogP contribution in [0.3, 0.4) is 0 Å². The van der Waals surface area contributed by atoms with Gasteiger partial charge in [-0.3, -0.25) is 9.69 Å². The molecule has 138 valence electrons. The van der Waals surface area contributed by atoms with Crippen LogP contribution in [0.25, 0.3) is 0 Å². The summed E-state index contributed by atoms with van der Waals surface area (Å²) in [6.07, 6.45) is 5.39. The highest BCUT2D eigenvalue weighted by Gasteiger charge is 2.37. The summed E-state index contributed by atoms with van der Waals surface area (Å²) in [5.41, 5.74) is 0.760. The predicted octanol–water partition coefficient (Wildman–Crippen LogP) is 1.37. The van der Waals surface area contributed by atoms with Crippen molar-refractivity contribution in [2.24, 2.45) is 13.0 Å². The van der Waals surface area contributed by atoms with Gasteiger partial charge in [-0.25, -0.2) is 0 Å². The van der Waals surface area contributed by atoms with Crippen molar-refractivity contribution in [3.8, 4) is 0 Å². The van der Waals surface area contributed by atoms with E-state index in [2.05, 4.69) is 4.90 Å². The average Bonchev–Trinajstić information content (AvgIpc) is 2.96. The average molecular weight is 347 g/mol. The summed E-state index contributed by atoms with van der Waals surface area (Å²) in [4.78, 5) is 17.4. The molecule has 4 rings (SSSR count). The first-order valence-electron chi connectivity index (χ1n) is 9.56. The number of likely N-dealkylation sites (tertiary alicyclic amines) is 1. The lowest BCUT2D eigenvalue weighted by Crippen LogP contribution is -2.50. The van der Waals surface area contributed by atoms with Crippen LogP contribution in [-0.4, -0.2) is 78.4 Å². The maximum atomic E-state index is 12.8. The lowest BCUT2D eigenvalue weighted by atomic mass is 9.92. The highest BCUT2D eigenvalue weighted by Crippen LogP contribution is 2.27. The molecule has 6 nitrogen and oxygen atoms in total. The summed E-state index contributed by atoms with van der Waals surface area (Å²) >= 11 is 0. The van der Waals surface area contributed by atoms with Crippen LogP contribution in [0, 0.1) is 5.92 Å². The molecule has 1 aromatic heterocycles. The summed E-state index contributed by atoms with van der Waals surface area (Å²) in [6.45, 7) is 6.19. The summed E-state index contributed by atoms with van der Waals surface area (Å²) in [6, 6.07) is 4.46. The van der Waals surface area contributed by atoms with Crippen molar-refractivity contribution < 1.29 is 14.3 Å². The molecular formula is C19H29N3O3. The Morgan fingerprint density at radius 3 is 2.72 bits per heavy atom. The largest absolute Gasteiger partial charge is 0.381 e. The molecule has 0 saturated carbocycles. The third-order valence-electron chi connectivity index (χ3n) is 6.03. The zero-order valence-electron chi connectivity index (χ0n) is 15.1. The van der Waals surface area contributed by atoms with E-state index >= 15 is 0 Å². The highest BCUT2D eigenvalue weighted by molar-refractivity contribution is 5.92. The molecule has 0 unspecified atom stereocenters. The molecule has 25 heavy (non-hydrogen) atoms. The van der Waals surface area contributed by atoms with Crippen LogP contribution >= 0.6 is 0 Å². The van der Waals surface area contributed by atoms with Gasteiger partial charge in [0.15, 0.2) is 0 Å². The standard InChI is InChI=1S/C19H29N3O3/c1-20-7-2-3-17(20)19(23)22-8-4-15-13-21(9-12-25-18(15)14-22)16-5-10-24-11-6-16/h2-3,7,15-16,18H,4-6,8-14H2,1H3/t15-,18-/m0/s1. The van der Waals surface area contributed by atoms with Gasteiger partial charge in [0.1, 0.15) is 5.69 Å². The molecule has 1 amide bonds. The van der Waals surface area contributed by atoms with E-state index in [4.69, 9.17) is 9.47 Å². The van der Waals surface area contributed by atoms with Crippen LogP contribution in [0.5, 0.6) is 0 Å². The van der Waals surface area contributed by atoms with Crippen LogP contribution in [-0.2, 0) is 16.5 Å². The zero-order valence-corrected chi connectivity index (χ0v) is 15.1. The fourth-order valence-electron chi connectivity index (χ4n) is 4.49. The number of piperidine rings is 1. The van der Waals surface area contributed by atoms with E-state index in [1.165, 1.54) is 0 Å². The Morgan fingerprint density at radius 1 is 1.12 bits per heavy atom. The van der Waals surface area contributed by atoms with Crippen LogP contribution in [0.15, 0.2) is 18.3 Å². The van der Waals surface area contributed by atoms with E-state index in [1.807, 2.05) is 34.8 Å². The van der Waals surface area contributed by atoms with Crippen molar-refractivity contribution in [1.82, 2.24) is 14.4 Å². The Labute approximate surface area is 149 Å². The Morgan fingerprint density at radius 2 is 1.96 bits per heavy atom. The van der Waals surface area contributed by atoms with Gasteiger partial charge in [0.2, 0.25) is 0 Å². The molecule has 3 fully saturated rings. The first kappa shape index (κ1) is 17.1.